The van der Waals surface area contributed by atoms with Crippen LogP contribution in [0.4, 0.5) is 0 Å². The van der Waals surface area contributed by atoms with Crippen LogP contribution in [0, 0.1) is 0 Å². The van der Waals surface area contributed by atoms with Gasteiger partial charge in [-0.15, -0.1) is 0 Å². The Kier molecular flexibility index (Phi) is 2.61. The number of benzene rings is 1. The van der Waals surface area contributed by atoms with E-state index in [-0.39, 0.29) is 23.5 Å². The molecule has 0 aliphatic carbocycles. The number of rotatable bonds is 3. The third-order valence-corrected chi connectivity index (χ3v) is 2.67. The van der Waals surface area contributed by atoms with Gasteiger partial charge in [0.05, 0.1) is 11.1 Å². The van der Waals surface area contributed by atoms with Crippen molar-refractivity contribution in [2.24, 2.45) is 5.73 Å². The minimum absolute atomic E-state index is 0.0127. The number of imide groups is 1. The first kappa shape index (κ1) is 11.2. The number of hydrogen-bond donors (Lipinski definition) is 2. The van der Waals surface area contributed by atoms with E-state index in [1.54, 1.807) is 0 Å². The molecule has 0 spiro atoms. The minimum Gasteiger partial charge on any atom is -0.326 e. The van der Waals surface area contributed by atoms with Gasteiger partial charge in [-0.1, -0.05) is 6.58 Å². The molecule has 1 aliphatic heterocycles. The number of fused-ring (bicyclic) bond motifs is 1. The normalized spacial score (nSPS) is 13.2. The van der Waals surface area contributed by atoms with Gasteiger partial charge in [0.2, 0.25) is 0 Å². The first-order chi connectivity index (χ1) is 8.10. The number of amides is 2. The number of ketones is 1. The summed E-state index contributed by atoms with van der Waals surface area (Å²) in [5.41, 5.74) is 6.70. The van der Waals surface area contributed by atoms with Gasteiger partial charge in [0, 0.05) is 12.1 Å². The van der Waals surface area contributed by atoms with E-state index in [9.17, 15) is 14.4 Å². The molecule has 0 unspecified atom stereocenters. The van der Waals surface area contributed by atoms with Crippen molar-refractivity contribution in [2.75, 3.05) is 0 Å². The molecule has 0 aromatic heterocycles. The maximum atomic E-state index is 11.6. The van der Waals surface area contributed by atoms with Crippen molar-refractivity contribution in [3.8, 4) is 0 Å². The maximum absolute atomic E-state index is 11.6. The highest BCUT2D eigenvalue weighted by molar-refractivity contribution is 6.23. The van der Waals surface area contributed by atoms with Crippen LogP contribution in [0.1, 0.15) is 36.6 Å². The second-order valence-electron chi connectivity index (χ2n) is 3.57. The lowest BCUT2D eigenvalue weighted by atomic mass is 9.95. The van der Waals surface area contributed by atoms with Crippen molar-refractivity contribution in [3.05, 3.63) is 47.0 Å². The zero-order chi connectivity index (χ0) is 12.6. The fraction of sp³-hybridized carbons (Fsp3) is 0.0833. The first-order valence-corrected chi connectivity index (χ1v) is 4.98. The Morgan fingerprint density at radius 3 is 2.65 bits per heavy atom. The smallest absolute Gasteiger partial charge is 0.259 e. The molecule has 1 aliphatic rings. The van der Waals surface area contributed by atoms with Crippen molar-refractivity contribution >= 4 is 17.6 Å². The van der Waals surface area contributed by atoms with E-state index in [0.717, 1.165) is 6.08 Å². The predicted octanol–water partition coefficient (Wildman–Crippen LogP) is 0.398. The summed E-state index contributed by atoms with van der Waals surface area (Å²) in [5.74, 6) is -1.29. The molecule has 0 saturated heterocycles. The number of nitrogens with one attached hydrogen (secondary N) is 1. The fourth-order valence-electron chi connectivity index (χ4n) is 1.88. The Morgan fingerprint density at radius 1 is 1.35 bits per heavy atom. The molecular weight excluding hydrogens is 220 g/mol. The summed E-state index contributed by atoms with van der Waals surface area (Å²) in [6.07, 6.45) is 1.15. The molecule has 5 nitrogen and oxygen atoms in total. The second-order valence-corrected chi connectivity index (χ2v) is 3.57. The highest BCUT2D eigenvalue weighted by Crippen LogP contribution is 2.23. The van der Waals surface area contributed by atoms with Crippen LogP contribution in [0.3, 0.4) is 0 Å². The molecule has 1 aromatic rings. The van der Waals surface area contributed by atoms with Crippen molar-refractivity contribution in [1.29, 1.82) is 0 Å². The summed E-state index contributed by atoms with van der Waals surface area (Å²) in [4.78, 5) is 34.6. The van der Waals surface area contributed by atoms with Crippen LogP contribution < -0.4 is 11.1 Å². The molecule has 1 aromatic carbocycles. The maximum Gasteiger partial charge on any atom is 0.259 e. The summed E-state index contributed by atoms with van der Waals surface area (Å²) in [7, 11) is 0. The third-order valence-electron chi connectivity index (χ3n) is 2.67. The van der Waals surface area contributed by atoms with Crippen LogP contribution in [0.15, 0.2) is 24.8 Å². The molecule has 0 atom stereocenters. The highest BCUT2D eigenvalue weighted by atomic mass is 16.2. The molecule has 0 fully saturated rings. The van der Waals surface area contributed by atoms with Gasteiger partial charge in [-0.05, 0) is 23.8 Å². The number of carbonyl (C=O) groups is 3. The SMILES string of the molecule is C=CC(=O)c1ccc2c(c1CN)C(=O)NC2=O. The fourth-order valence-corrected chi connectivity index (χ4v) is 1.88. The Labute approximate surface area is 97.3 Å². The monoisotopic (exact) mass is 230 g/mol. The highest BCUT2D eigenvalue weighted by Gasteiger charge is 2.31. The van der Waals surface area contributed by atoms with Crippen molar-refractivity contribution < 1.29 is 14.4 Å². The molecular formula is C12H10N2O3. The molecule has 0 radical (unpaired) electrons. The van der Waals surface area contributed by atoms with Crippen molar-refractivity contribution in [2.45, 2.75) is 6.54 Å². The number of allylic oxidation sites excluding steroid dienone is 1. The Hall–Kier alpha value is -2.27. The van der Waals surface area contributed by atoms with Gasteiger partial charge in [0.25, 0.3) is 11.8 Å². The van der Waals surface area contributed by atoms with E-state index >= 15 is 0 Å². The van der Waals surface area contributed by atoms with Gasteiger partial charge in [0.1, 0.15) is 0 Å². The number of carbonyl (C=O) groups excluding carboxylic acids is 3. The van der Waals surface area contributed by atoms with Crippen LogP contribution >= 0.6 is 0 Å². The molecule has 0 bridgehead atoms. The van der Waals surface area contributed by atoms with Crippen LogP contribution in [0.25, 0.3) is 0 Å². The summed E-state index contributed by atoms with van der Waals surface area (Å²) in [6.45, 7) is 3.39. The first-order valence-electron chi connectivity index (χ1n) is 4.98. The predicted molar refractivity (Wildman–Crippen MR) is 60.7 cm³/mol. The standard InChI is InChI=1S/C12H10N2O3/c1-2-9(15)6-3-4-7-10(8(6)5-13)12(17)14-11(7)16/h2-4H,1,5,13H2,(H,14,16,17). The van der Waals surface area contributed by atoms with Gasteiger partial charge < -0.3 is 5.73 Å². The third kappa shape index (κ3) is 1.57. The summed E-state index contributed by atoms with van der Waals surface area (Å²) in [6, 6.07) is 2.94. The second kappa shape index (κ2) is 3.95. The van der Waals surface area contributed by atoms with Crippen LogP contribution in [0.2, 0.25) is 0 Å². The van der Waals surface area contributed by atoms with E-state index in [1.807, 2.05) is 0 Å². The van der Waals surface area contributed by atoms with Gasteiger partial charge in [-0.25, -0.2) is 0 Å². The van der Waals surface area contributed by atoms with Gasteiger partial charge in [-0.3, -0.25) is 19.7 Å². The van der Waals surface area contributed by atoms with Crippen molar-refractivity contribution in [1.82, 2.24) is 5.32 Å². The van der Waals surface area contributed by atoms with E-state index in [4.69, 9.17) is 5.73 Å². The quantitative estimate of drug-likeness (QED) is 0.446. The summed E-state index contributed by atoms with van der Waals surface area (Å²) < 4.78 is 0. The molecule has 1 heterocycles. The lowest BCUT2D eigenvalue weighted by Gasteiger charge is -2.08. The number of nitrogens with two attached hydrogens (primary N) is 1. The van der Waals surface area contributed by atoms with Gasteiger partial charge >= 0.3 is 0 Å². The molecule has 2 rings (SSSR count). The van der Waals surface area contributed by atoms with Gasteiger partial charge in [0.15, 0.2) is 5.78 Å². The lowest BCUT2D eigenvalue weighted by Crippen LogP contribution is -2.20. The topological polar surface area (TPSA) is 89.3 Å². The Morgan fingerprint density at radius 2 is 2.06 bits per heavy atom. The molecule has 2 amide bonds. The van der Waals surface area contributed by atoms with E-state index in [0.29, 0.717) is 11.1 Å². The van der Waals surface area contributed by atoms with Crippen molar-refractivity contribution in [3.63, 3.8) is 0 Å². The van der Waals surface area contributed by atoms with Crippen LogP contribution in [0.5, 0.6) is 0 Å². The van der Waals surface area contributed by atoms with Crippen LogP contribution in [-0.2, 0) is 6.54 Å². The molecule has 17 heavy (non-hydrogen) atoms. The Bertz CT molecular complexity index is 561. The summed E-state index contributed by atoms with van der Waals surface area (Å²) in [5, 5.41) is 2.17. The average Bonchev–Trinajstić information content (AvgIpc) is 2.63. The van der Waals surface area contributed by atoms with E-state index in [2.05, 4.69) is 11.9 Å². The Balaban J connectivity index is 2.73. The lowest BCUT2D eigenvalue weighted by molar-refractivity contribution is 0.0879. The van der Waals surface area contributed by atoms with Crippen LogP contribution in [-0.4, -0.2) is 17.6 Å². The van der Waals surface area contributed by atoms with E-state index in [1.165, 1.54) is 12.1 Å². The molecule has 86 valence electrons. The number of hydrogen-bond acceptors (Lipinski definition) is 4. The zero-order valence-corrected chi connectivity index (χ0v) is 8.95. The molecule has 3 N–H and O–H groups in total. The minimum atomic E-state index is -0.510. The molecule has 5 heteroatoms. The van der Waals surface area contributed by atoms with E-state index < -0.39 is 11.8 Å². The van der Waals surface area contributed by atoms with Gasteiger partial charge in [-0.2, -0.15) is 0 Å². The average molecular weight is 230 g/mol. The summed E-state index contributed by atoms with van der Waals surface area (Å²) >= 11 is 0. The zero-order valence-electron chi connectivity index (χ0n) is 8.95. The molecule has 0 saturated carbocycles. The largest absolute Gasteiger partial charge is 0.326 e.